The third-order valence-electron chi connectivity index (χ3n) is 3.25. The number of nitrogens with zero attached hydrogens (tertiary/aromatic N) is 1. The second kappa shape index (κ2) is 6.50. The predicted octanol–water partition coefficient (Wildman–Crippen LogP) is 2.95. The molecular weight excluding hydrogens is 238 g/mol. The van der Waals surface area contributed by atoms with Crippen molar-refractivity contribution in [2.24, 2.45) is 16.2 Å². The molecule has 0 amide bonds. The number of rotatable bonds is 5. The SMILES string of the molecule is CCCCC[C@H](C)C1=NS(=O)(=O)OCCC1C. The lowest BCUT2D eigenvalue weighted by atomic mass is 9.89. The van der Waals surface area contributed by atoms with Gasteiger partial charge in [0.05, 0.1) is 6.61 Å². The van der Waals surface area contributed by atoms with E-state index in [9.17, 15) is 8.42 Å². The molecule has 0 aliphatic carbocycles. The lowest BCUT2D eigenvalue weighted by molar-refractivity contribution is 0.307. The average molecular weight is 261 g/mol. The Morgan fingerprint density at radius 1 is 1.47 bits per heavy atom. The van der Waals surface area contributed by atoms with Gasteiger partial charge in [-0.1, -0.05) is 40.0 Å². The Balaban J connectivity index is 2.73. The highest BCUT2D eigenvalue weighted by Gasteiger charge is 2.25. The molecule has 1 rings (SSSR count). The van der Waals surface area contributed by atoms with Crippen LogP contribution in [0.1, 0.15) is 52.9 Å². The summed E-state index contributed by atoms with van der Waals surface area (Å²) in [5.74, 6) is 0.428. The monoisotopic (exact) mass is 261 g/mol. The molecule has 1 unspecified atom stereocenters. The van der Waals surface area contributed by atoms with Crippen LogP contribution < -0.4 is 0 Å². The average Bonchev–Trinajstić information content (AvgIpc) is 2.38. The summed E-state index contributed by atoms with van der Waals surface area (Å²) in [5.41, 5.74) is 0.790. The Morgan fingerprint density at radius 2 is 2.18 bits per heavy atom. The molecule has 100 valence electrons. The summed E-state index contributed by atoms with van der Waals surface area (Å²) < 4.78 is 31.5. The molecule has 1 aliphatic heterocycles. The zero-order chi connectivity index (χ0) is 12.9. The first-order chi connectivity index (χ1) is 7.96. The van der Waals surface area contributed by atoms with Crippen molar-refractivity contribution in [3.8, 4) is 0 Å². The van der Waals surface area contributed by atoms with Crippen molar-refractivity contribution in [3.63, 3.8) is 0 Å². The fourth-order valence-electron chi connectivity index (χ4n) is 2.15. The molecule has 17 heavy (non-hydrogen) atoms. The van der Waals surface area contributed by atoms with Gasteiger partial charge in [-0.25, -0.2) is 0 Å². The van der Waals surface area contributed by atoms with Crippen molar-refractivity contribution in [2.45, 2.75) is 52.9 Å². The van der Waals surface area contributed by atoms with Crippen molar-refractivity contribution in [1.29, 1.82) is 0 Å². The molecule has 4 nitrogen and oxygen atoms in total. The third kappa shape index (κ3) is 4.76. The van der Waals surface area contributed by atoms with E-state index in [4.69, 9.17) is 4.18 Å². The quantitative estimate of drug-likeness (QED) is 0.715. The molecule has 2 atom stereocenters. The van der Waals surface area contributed by atoms with Crippen molar-refractivity contribution in [1.82, 2.24) is 0 Å². The largest absolute Gasteiger partial charge is 0.380 e. The van der Waals surface area contributed by atoms with E-state index in [1.165, 1.54) is 12.8 Å². The highest BCUT2D eigenvalue weighted by molar-refractivity contribution is 7.85. The maximum Gasteiger partial charge on any atom is 0.380 e. The Hall–Kier alpha value is -0.420. The molecule has 0 saturated carbocycles. The minimum absolute atomic E-state index is 0.198. The molecule has 1 heterocycles. The van der Waals surface area contributed by atoms with Gasteiger partial charge < -0.3 is 0 Å². The summed E-state index contributed by atoms with van der Waals surface area (Å²) in [6.07, 6.45) is 5.23. The lowest BCUT2D eigenvalue weighted by Gasteiger charge is -2.17. The molecule has 0 saturated heterocycles. The lowest BCUT2D eigenvalue weighted by Crippen LogP contribution is -2.20. The maximum atomic E-state index is 11.5. The zero-order valence-electron chi connectivity index (χ0n) is 11.0. The first-order valence-electron chi connectivity index (χ1n) is 6.45. The van der Waals surface area contributed by atoms with Crippen molar-refractivity contribution < 1.29 is 12.6 Å². The van der Waals surface area contributed by atoms with E-state index in [1.807, 2.05) is 6.92 Å². The highest BCUT2D eigenvalue weighted by atomic mass is 32.2. The molecule has 0 aromatic carbocycles. The van der Waals surface area contributed by atoms with Gasteiger partial charge in [0.2, 0.25) is 0 Å². The molecule has 0 fully saturated rings. The van der Waals surface area contributed by atoms with E-state index in [0.717, 1.165) is 25.0 Å². The van der Waals surface area contributed by atoms with Crippen LogP contribution in [0.5, 0.6) is 0 Å². The van der Waals surface area contributed by atoms with Gasteiger partial charge >= 0.3 is 10.3 Å². The van der Waals surface area contributed by atoms with Crippen molar-refractivity contribution in [2.75, 3.05) is 6.61 Å². The minimum Gasteiger partial charge on any atom is -0.252 e. The van der Waals surface area contributed by atoms with Gasteiger partial charge in [-0.15, -0.1) is 4.40 Å². The second-order valence-electron chi connectivity index (χ2n) is 4.85. The number of hydrogen-bond donors (Lipinski definition) is 0. The predicted molar refractivity (Wildman–Crippen MR) is 69.4 cm³/mol. The van der Waals surface area contributed by atoms with Gasteiger partial charge in [0, 0.05) is 5.71 Å². The Bertz CT molecular complexity index is 362. The van der Waals surface area contributed by atoms with Crippen LogP contribution in [0.15, 0.2) is 4.40 Å². The molecular formula is C12H23NO3S. The first kappa shape index (κ1) is 14.6. The number of hydrogen-bond acceptors (Lipinski definition) is 3. The fraction of sp³-hybridized carbons (Fsp3) is 0.917. The van der Waals surface area contributed by atoms with E-state index in [-0.39, 0.29) is 18.4 Å². The minimum atomic E-state index is -3.69. The van der Waals surface area contributed by atoms with Gasteiger partial charge in [0.15, 0.2) is 0 Å². The standard InChI is InChI=1S/C12H23NO3S/c1-4-5-6-7-10(2)12-11(3)8-9-16-17(14,15)13-12/h10-11H,4-9H2,1-3H3/t10-,11?/m0/s1. The van der Waals surface area contributed by atoms with E-state index in [2.05, 4.69) is 18.2 Å². The summed E-state index contributed by atoms with van der Waals surface area (Å²) in [5, 5.41) is 0. The summed E-state index contributed by atoms with van der Waals surface area (Å²) in [7, 11) is -3.69. The smallest absolute Gasteiger partial charge is 0.252 e. The zero-order valence-corrected chi connectivity index (χ0v) is 11.8. The molecule has 0 bridgehead atoms. The van der Waals surface area contributed by atoms with E-state index in [1.54, 1.807) is 0 Å². The van der Waals surface area contributed by atoms with Gasteiger partial charge in [-0.3, -0.25) is 4.18 Å². The van der Waals surface area contributed by atoms with Gasteiger partial charge in [-0.05, 0) is 24.7 Å². The van der Waals surface area contributed by atoms with E-state index < -0.39 is 10.3 Å². The normalized spacial score (nSPS) is 26.1. The molecule has 0 aromatic heterocycles. The molecule has 0 radical (unpaired) electrons. The molecule has 5 heteroatoms. The van der Waals surface area contributed by atoms with Crippen molar-refractivity contribution >= 4 is 16.0 Å². The Kier molecular flexibility index (Phi) is 5.59. The molecule has 1 aliphatic rings. The topological polar surface area (TPSA) is 55.7 Å². The first-order valence-corrected chi connectivity index (χ1v) is 7.82. The fourth-order valence-corrected chi connectivity index (χ4v) is 3.13. The number of unbranched alkanes of at least 4 members (excludes halogenated alkanes) is 2. The van der Waals surface area contributed by atoms with Gasteiger partial charge in [0.25, 0.3) is 0 Å². The van der Waals surface area contributed by atoms with Crippen LogP contribution in [0.2, 0.25) is 0 Å². The Morgan fingerprint density at radius 3 is 2.82 bits per heavy atom. The van der Waals surface area contributed by atoms with Crippen LogP contribution in [0.3, 0.4) is 0 Å². The van der Waals surface area contributed by atoms with E-state index >= 15 is 0 Å². The van der Waals surface area contributed by atoms with Crippen LogP contribution in [-0.2, 0) is 14.5 Å². The summed E-state index contributed by atoms with van der Waals surface area (Å²) >= 11 is 0. The van der Waals surface area contributed by atoms with Gasteiger partial charge in [-0.2, -0.15) is 8.42 Å². The van der Waals surface area contributed by atoms with Crippen LogP contribution in [0, 0.1) is 11.8 Å². The Labute approximate surface area is 105 Å². The van der Waals surface area contributed by atoms with E-state index in [0.29, 0.717) is 0 Å². The van der Waals surface area contributed by atoms with Crippen LogP contribution in [0.25, 0.3) is 0 Å². The highest BCUT2D eigenvalue weighted by Crippen LogP contribution is 2.22. The third-order valence-corrected chi connectivity index (χ3v) is 4.15. The van der Waals surface area contributed by atoms with Crippen LogP contribution >= 0.6 is 0 Å². The summed E-state index contributed by atoms with van der Waals surface area (Å²) in [4.78, 5) is 0. The van der Waals surface area contributed by atoms with Crippen LogP contribution in [0.4, 0.5) is 0 Å². The second-order valence-corrected chi connectivity index (χ2v) is 6.13. The maximum absolute atomic E-state index is 11.5. The molecule has 0 spiro atoms. The van der Waals surface area contributed by atoms with Gasteiger partial charge in [0.1, 0.15) is 0 Å². The van der Waals surface area contributed by atoms with Crippen molar-refractivity contribution in [3.05, 3.63) is 0 Å². The summed E-state index contributed by atoms with van der Waals surface area (Å²) in [6.45, 7) is 6.50. The molecule has 0 N–H and O–H groups in total. The molecule has 0 aromatic rings. The van der Waals surface area contributed by atoms with Crippen LogP contribution in [-0.4, -0.2) is 20.7 Å². The summed E-state index contributed by atoms with van der Waals surface area (Å²) in [6, 6.07) is 0.